The summed E-state index contributed by atoms with van der Waals surface area (Å²) in [5, 5.41) is 6.03. The fourth-order valence-electron chi connectivity index (χ4n) is 5.10. The molecule has 0 radical (unpaired) electrons. The van der Waals surface area contributed by atoms with Crippen molar-refractivity contribution in [2.24, 2.45) is 0 Å². The smallest absolute Gasteiger partial charge is 0.258 e. The Bertz CT molecular complexity index is 737. The minimum atomic E-state index is -0.0574. The second-order valence-corrected chi connectivity index (χ2v) is 8.77. The minimum Gasteiger partial charge on any atom is -0.484 e. The number of benzene rings is 1. The van der Waals surface area contributed by atoms with E-state index in [1.54, 1.807) is 0 Å². The normalized spacial score (nSPS) is 21.7. The molecule has 0 aromatic heterocycles. The predicted octanol–water partition coefficient (Wildman–Crippen LogP) is 3.26. The molecule has 2 fully saturated rings. The van der Waals surface area contributed by atoms with Gasteiger partial charge < -0.3 is 15.4 Å². The number of nitrogens with zero attached hydrogens (tertiary/aromatic N) is 1. The summed E-state index contributed by atoms with van der Waals surface area (Å²) in [4.78, 5) is 26.6. The van der Waals surface area contributed by atoms with Crippen molar-refractivity contribution in [3.05, 3.63) is 23.8 Å². The maximum atomic E-state index is 12.5. The van der Waals surface area contributed by atoms with Gasteiger partial charge in [-0.25, -0.2) is 0 Å². The summed E-state index contributed by atoms with van der Waals surface area (Å²) >= 11 is 0. The molecular weight excluding hydrogens is 366 g/mol. The molecule has 0 unspecified atom stereocenters. The number of ether oxygens (including phenoxy) is 1. The van der Waals surface area contributed by atoms with Crippen molar-refractivity contribution in [1.82, 2.24) is 10.2 Å². The van der Waals surface area contributed by atoms with Crippen molar-refractivity contribution in [3.8, 4) is 5.75 Å². The lowest BCUT2D eigenvalue weighted by Gasteiger charge is -2.48. The number of carbonyl (C=O) groups is 2. The summed E-state index contributed by atoms with van der Waals surface area (Å²) in [6.45, 7) is 3.09. The van der Waals surface area contributed by atoms with E-state index in [2.05, 4.69) is 15.5 Å². The number of amides is 2. The van der Waals surface area contributed by atoms with Gasteiger partial charge in [-0.3, -0.25) is 14.5 Å². The predicted molar refractivity (Wildman–Crippen MR) is 113 cm³/mol. The van der Waals surface area contributed by atoms with Crippen LogP contribution < -0.4 is 15.4 Å². The van der Waals surface area contributed by atoms with Gasteiger partial charge in [-0.2, -0.15) is 0 Å². The minimum absolute atomic E-state index is 0.0290. The Morgan fingerprint density at radius 2 is 1.83 bits per heavy atom. The zero-order valence-corrected chi connectivity index (χ0v) is 17.3. The Hall–Kier alpha value is -2.08. The molecule has 1 saturated heterocycles. The van der Waals surface area contributed by atoms with E-state index in [9.17, 15) is 9.59 Å². The number of anilines is 1. The Morgan fingerprint density at radius 3 is 2.62 bits per heavy atom. The number of rotatable bonds is 6. The topological polar surface area (TPSA) is 70.7 Å². The molecule has 6 nitrogen and oxygen atoms in total. The quantitative estimate of drug-likeness (QED) is 0.770. The summed E-state index contributed by atoms with van der Waals surface area (Å²) in [5.41, 5.74) is 2.05. The molecule has 6 heteroatoms. The lowest BCUT2D eigenvalue weighted by molar-refractivity contribution is -0.124. The molecule has 4 rings (SSSR count). The second-order valence-electron chi connectivity index (χ2n) is 8.77. The van der Waals surface area contributed by atoms with Crippen LogP contribution >= 0.6 is 0 Å². The third-order valence-electron chi connectivity index (χ3n) is 6.77. The molecule has 1 saturated carbocycles. The first-order chi connectivity index (χ1) is 14.1. The van der Waals surface area contributed by atoms with Crippen molar-refractivity contribution in [2.75, 3.05) is 31.6 Å². The Morgan fingerprint density at radius 1 is 1.07 bits per heavy atom. The van der Waals surface area contributed by atoms with Gasteiger partial charge >= 0.3 is 0 Å². The molecule has 2 amide bonds. The van der Waals surface area contributed by atoms with Gasteiger partial charge in [0.2, 0.25) is 5.91 Å². The van der Waals surface area contributed by atoms with Crippen LogP contribution in [0.25, 0.3) is 0 Å². The maximum Gasteiger partial charge on any atom is 0.258 e. The highest BCUT2D eigenvalue weighted by atomic mass is 16.5. The van der Waals surface area contributed by atoms with E-state index >= 15 is 0 Å². The number of hydrogen-bond donors (Lipinski definition) is 2. The first-order valence-corrected chi connectivity index (χ1v) is 11.2. The number of carbonyl (C=O) groups excluding carboxylic acids is 2. The molecule has 0 atom stereocenters. The standard InChI is InChI=1S/C23H33N3O3/c27-21-10-7-18-15-19(8-9-20(18)25-21)29-16-22(28)24-17-23(11-3-1-4-12-23)26-13-5-2-6-14-26/h8-9,15H,1-7,10-14,16-17H2,(H,24,28)(H,25,27). The molecule has 2 N–H and O–H groups in total. The van der Waals surface area contributed by atoms with Crippen molar-refractivity contribution < 1.29 is 14.3 Å². The van der Waals surface area contributed by atoms with Crippen molar-refractivity contribution >= 4 is 17.5 Å². The lowest BCUT2D eigenvalue weighted by Crippen LogP contribution is -2.58. The molecule has 3 aliphatic rings. The molecule has 0 bridgehead atoms. The van der Waals surface area contributed by atoms with Gasteiger partial charge in [0, 0.05) is 24.2 Å². The van der Waals surface area contributed by atoms with Crippen LogP contribution in [-0.4, -0.2) is 48.5 Å². The molecule has 1 aliphatic carbocycles. The van der Waals surface area contributed by atoms with Crippen LogP contribution in [-0.2, 0) is 16.0 Å². The highest BCUT2D eigenvalue weighted by Crippen LogP contribution is 2.35. The number of piperidine rings is 1. The van der Waals surface area contributed by atoms with Gasteiger partial charge in [-0.05, 0) is 69.0 Å². The fraction of sp³-hybridized carbons (Fsp3) is 0.652. The van der Waals surface area contributed by atoms with E-state index in [0.29, 0.717) is 18.6 Å². The number of aryl methyl sites for hydroxylation is 1. The van der Waals surface area contributed by atoms with E-state index in [0.717, 1.165) is 30.9 Å². The number of fused-ring (bicyclic) bond motifs is 1. The Balaban J connectivity index is 1.30. The van der Waals surface area contributed by atoms with Crippen molar-refractivity contribution in [1.29, 1.82) is 0 Å². The average Bonchev–Trinajstić information content (AvgIpc) is 2.77. The third-order valence-corrected chi connectivity index (χ3v) is 6.77. The van der Waals surface area contributed by atoms with Crippen LogP contribution in [0.2, 0.25) is 0 Å². The Labute approximate surface area is 173 Å². The van der Waals surface area contributed by atoms with E-state index in [1.807, 2.05) is 18.2 Å². The monoisotopic (exact) mass is 399 g/mol. The number of nitrogens with one attached hydrogen (secondary N) is 2. The van der Waals surface area contributed by atoms with Gasteiger partial charge in [-0.1, -0.05) is 25.7 Å². The second kappa shape index (κ2) is 9.16. The number of likely N-dealkylation sites (tertiary alicyclic amines) is 1. The highest BCUT2D eigenvalue weighted by Gasteiger charge is 2.38. The summed E-state index contributed by atoms with van der Waals surface area (Å²) in [5.74, 6) is 0.673. The summed E-state index contributed by atoms with van der Waals surface area (Å²) in [6.07, 6.45) is 11.3. The van der Waals surface area contributed by atoms with Gasteiger partial charge in [0.1, 0.15) is 5.75 Å². The Kier molecular flexibility index (Phi) is 6.38. The van der Waals surface area contributed by atoms with Crippen molar-refractivity contribution in [2.45, 2.75) is 69.7 Å². The summed E-state index contributed by atoms with van der Waals surface area (Å²) in [7, 11) is 0. The SMILES string of the molecule is O=C(COc1ccc2c(c1)CCC(=O)N2)NCC1(N2CCCCC2)CCCCC1. The summed E-state index contributed by atoms with van der Waals surface area (Å²) < 4.78 is 5.74. The maximum absolute atomic E-state index is 12.5. The molecule has 2 heterocycles. The van der Waals surface area contributed by atoms with Gasteiger partial charge in [0.25, 0.3) is 5.91 Å². The molecule has 158 valence electrons. The van der Waals surface area contributed by atoms with E-state index < -0.39 is 0 Å². The average molecular weight is 400 g/mol. The lowest BCUT2D eigenvalue weighted by atomic mass is 9.79. The van der Waals surface area contributed by atoms with Crippen LogP contribution in [0.3, 0.4) is 0 Å². The summed E-state index contributed by atoms with van der Waals surface area (Å²) in [6, 6.07) is 5.60. The highest BCUT2D eigenvalue weighted by molar-refractivity contribution is 5.94. The van der Waals surface area contributed by atoms with Crippen molar-refractivity contribution in [3.63, 3.8) is 0 Å². The van der Waals surface area contributed by atoms with Crippen LogP contribution in [0, 0.1) is 0 Å². The van der Waals surface area contributed by atoms with E-state index in [1.165, 1.54) is 51.4 Å². The fourth-order valence-corrected chi connectivity index (χ4v) is 5.10. The van der Waals surface area contributed by atoms with Crippen LogP contribution in [0.1, 0.15) is 63.4 Å². The first kappa shape index (κ1) is 20.2. The van der Waals surface area contributed by atoms with E-state index in [4.69, 9.17) is 4.74 Å². The van der Waals surface area contributed by atoms with Crippen LogP contribution in [0.4, 0.5) is 5.69 Å². The number of hydrogen-bond acceptors (Lipinski definition) is 4. The molecule has 0 spiro atoms. The zero-order valence-electron chi connectivity index (χ0n) is 17.3. The van der Waals surface area contributed by atoms with E-state index in [-0.39, 0.29) is 24.0 Å². The van der Waals surface area contributed by atoms with Gasteiger partial charge in [-0.15, -0.1) is 0 Å². The van der Waals surface area contributed by atoms with Crippen LogP contribution in [0.15, 0.2) is 18.2 Å². The van der Waals surface area contributed by atoms with Gasteiger partial charge in [0.05, 0.1) is 0 Å². The molecule has 29 heavy (non-hydrogen) atoms. The molecule has 2 aliphatic heterocycles. The first-order valence-electron chi connectivity index (χ1n) is 11.2. The zero-order chi connectivity index (χ0) is 20.1. The largest absolute Gasteiger partial charge is 0.484 e. The van der Waals surface area contributed by atoms with Crippen LogP contribution in [0.5, 0.6) is 5.75 Å². The molecule has 1 aromatic carbocycles. The molecular formula is C23H33N3O3. The molecule has 1 aromatic rings. The van der Waals surface area contributed by atoms with Gasteiger partial charge in [0.15, 0.2) is 6.61 Å². The third kappa shape index (κ3) is 4.92.